The summed E-state index contributed by atoms with van der Waals surface area (Å²) in [6, 6.07) is 0.709. The molecule has 2 rings (SSSR count). The first-order valence-corrected chi connectivity index (χ1v) is 7.46. The first-order valence-electron chi connectivity index (χ1n) is 7.46. The van der Waals surface area contributed by atoms with Crippen LogP contribution in [0.2, 0.25) is 0 Å². The molecule has 2 aliphatic heterocycles. The SMILES string of the molecule is CCC1CN(CCCC2CCCO2)CCCN1. The van der Waals surface area contributed by atoms with Crippen LogP contribution in [-0.4, -0.2) is 49.8 Å². The molecular formula is C14H28N2O. The normalized spacial score (nSPS) is 31.6. The van der Waals surface area contributed by atoms with E-state index in [-0.39, 0.29) is 0 Å². The minimum Gasteiger partial charge on any atom is -0.378 e. The summed E-state index contributed by atoms with van der Waals surface area (Å²) in [6.07, 6.45) is 8.26. The van der Waals surface area contributed by atoms with Gasteiger partial charge in [-0.1, -0.05) is 6.92 Å². The summed E-state index contributed by atoms with van der Waals surface area (Å²) < 4.78 is 5.68. The summed E-state index contributed by atoms with van der Waals surface area (Å²) in [5, 5.41) is 3.63. The van der Waals surface area contributed by atoms with E-state index in [1.165, 1.54) is 64.7 Å². The van der Waals surface area contributed by atoms with Gasteiger partial charge in [-0.05, 0) is 58.2 Å². The molecule has 2 fully saturated rings. The van der Waals surface area contributed by atoms with Gasteiger partial charge in [0.2, 0.25) is 0 Å². The Morgan fingerprint density at radius 3 is 3.06 bits per heavy atom. The molecule has 2 aliphatic rings. The Labute approximate surface area is 106 Å². The third-order valence-electron chi connectivity index (χ3n) is 4.08. The van der Waals surface area contributed by atoms with Crippen LogP contribution in [-0.2, 0) is 4.74 Å². The summed E-state index contributed by atoms with van der Waals surface area (Å²) in [4.78, 5) is 2.64. The van der Waals surface area contributed by atoms with Gasteiger partial charge in [0.15, 0.2) is 0 Å². The van der Waals surface area contributed by atoms with Crippen molar-refractivity contribution in [1.82, 2.24) is 10.2 Å². The fourth-order valence-electron chi connectivity index (χ4n) is 2.97. The predicted molar refractivity (Wildman–Crippen MR) is 71.3 cm³/mol. The van der Waals surface area contributed by atoms with Crippen molar-refractivity contribution in [3.8, 4) is 0 Å². The zero-order chi connectivity index (χ0) is 11.9. The Kier molecular flexibility index (Phi) is 5.75. The molecule has 0 radical (unpaired) electrons. The second-order valence-corrected chi connectivity index (χ2v) is 5.49. The van der Waals surface area contributed by atoms with Crippen molar-refractivity contribution in [2.24, 2.45) is 0 Å². The standard InChI is InChI=1S/C14H28N2O/c1-2-13-12-16(10-5-8-15-13)9-3-6-14-7-4-11-17-14/h13-15H,2-12H2,1H3. The van der Waals surface area contributed by atoms with Gasteiger partial charge in [0.05, 0.1) is 6.10 Å². The maximum absolute atomic E-state index is 5.68. The maximum Gasteiger partial charge on any atom is 0.0576 e. The Morgan fingerprint density at radius 1 is 1.35 bits per heavy atom. The molecule has 2 heterocycles. The predicted octanol–water partition coefficient (Wildman–Crippen LogP) is 2.02. The van der Waals surface area contributed by atoms with E-state index >= 15 is 0 Å². The molecule has 0 aromatic carbocycles. The van der Waals surface area contributed by atoms with Crippen molar-refractivity contribution in [2.45, 2.75) is 57.6 Å². The van der Waals surface area contributed by atoms with E-state index in [4.69, 9.17) is 4.74 Å². The molecule has 2 atom stereocenters. The number of nitrogens with one attached hydrogen (secondary N) is 1. The van der Waals surface area contributed by atoms with Crippen LogP contribution in [0.25, 0.3) is 0 Å². The Hall–Kier alpha value is -0.120. The number of hydrogen-bond donors (Lipinski definition) is 1. The first-order chi connectivity index (χ1) is 8.38. The lowest BCUT2D eigenvalue weighted by atomic mass is 10.1. The number of rotatable bonds is 5. The highest BCUT2D eigenvalue weighted by molar-refractivity contribution is 4.76. The van der Waals surface area contributed by atoms with Crippen molar-refractivity contribution >= 4 is 0 Å². The van der Waals surface area contributed by atoms with E-state index in [1.807, 2.05) is 0 Å². The van der Waals surface area contributed by atoms with Gasteiger partial charge in [-0.2, -0.15) is 0 Å². The van der Waals surface area contributed by atoms with Gasteiger partial charge in [-0.25, -0.2) is 0 Å². The summed E-state index contributed by atoms with van der Waals surface area (Å²) in [5.74, 6) is 0. The average molecular weight is 240 g/mol. The Bertz CT molecular complexity index is 204. The molecule has 2 saturated heterocycles. The minimum atomic E-state index is 0.571. The highest BCUT2D eigenvalue weighted by atomic mass is 16.5. The fraction of sp³-hybridized carbons (Fsp3) is 1.00. The van der Waals surface area contributed by atoms with Crippen molar-refractivity contribution in [1.29, 1.82) is 0 Å². The molecule has 17 heavy (non-hydrogen) atoms. The molecule has 3 nitrogen and oxygen atoms in total. The Morgan fingerprint density at radius 2 is 2.29 bits per heavy atom. The monoisotopic (exact) mass is 240 g/mol. The van der Waals surface area contributed by atoms with Gasteiger partial charge < -0.3 is 15.0 Å². The quantitative estimate of drug-likeness (QED) is 0.795. The van der Waals surface area contributed by atoms with E-state index in [2.05, 4.69) is 17.1 Å². The maximum atomic E-state index is 5.68. The molecule has 0 bridgehead atoms. The zero-order valence-corrected chi connectivity index (χ0v) is 11.3. The van der Waals surface area contributed by atoms with E-state index in [9.17, 15) is 0 Å². The van der Waals surface area contributed by atoms with Crippen LogP contribution in [0.15, 0.2) is 0 Å². The van der Waals surface area contributed by atoms with Crippen LogP contribution in [0.4, 0.5) is 0 Å². The summed E-state index contributed by atoms with van der Waals surface area (Å²) in [7, 11) is 0. The van der Waals surface area contributed by atoms with Gasteiger partial charge in [0.25, 0.3) is 0 Å². The molecule has 1 N–H and O–H groups in total. The van der Waals surface area contributed by atoms with Crippen molar-refractivity contribution in [3.05, 3.63) is 0 Å². The second-order valence-electron chi connectivity index (χ2n) is 5.49. The molecule has 0 aromatic heterocycles. The topological polar surface area (TPSA) is 24.5 Å². The lowest BCUT2D eigenvalue weighted by Gasteiger charge is -2.24. The van der Waals surface area contributed by atoms with Gasteiger partial charge in [-0.3, -0.25) is 0 Å². The highest BCUT2D eigenvalue weighted by Gasteiger charge is 2.18. The molecular weight excluding hydrogens is 212 g/mol. The van der Waals surface area contributed by atoms with E-state index in [0.717, 1.165) is 6.61 Å². The van der Waals surface area contributed by atoms with Crippen LogP contribution in [0, 0.1) is 0 Å². The fourth-order valence-corrected chi connectivity index (χ4v) is 2.97. The highest BCUT2D eigenvalue weighted by Crippen LogP contribution is 2.17. The van der Waals surface area contributed by atoms with Crippen LogP contribution in [0.3, 0.4) is 0 Å². The molecule has 0 aliphatic carbocycles. The number of nitrogens with zero attached hydrogens (tertiary/aromatic N) is 1. The van der Waals surface area contributed by atoms with E-state index < -0.39 is 0 Å². The lowest BCUT2D eigenvalue weighted by Crippen LogP contribution is -2.37. The van der Waals surface area contributed by atoms with Crippen LogP contribution in [0.5, 0.6) is 0 Å². The summed E-state index contributed by atoms with van der Waals surface area (Å²) in [5.41, 5.74) is 0. The number of ether oxygens (including phenoxy) is 1. The molecule has 0 aromatic rings. The summed E-state index contributed by atoms with van der Waals surface area (Å²) >= 11 is 0. The van der Waals surface area contributed by atoms with Gasteiger partial charge in [0.1, 0.15) is 0 Å². The third-order valence-corrected chi connectivity index (χ3v) is 4.08. The molecule has 100 valence electrons. The number of hydrogen-bond acceptors (Lipinski definition) is 3. The summed E-state index contributed by atoms with van der Waals surface area (Å²) in [6.45, 7) is 8.25. The van der Waals surface area contributed by atoms with E-state index in [1.54, 1.807) is 0 Å². The van der Waals surface area contributed by atoms with Crippen molar-refractivity contribution < 1.29 is 4.74 Å². The second kappa shape index (κ2) is 7.34. The smallest absolute Gasteiger partial charge is 0.0576 e. The molecule has 0 spiro atoms. The van der Waals surface area contributed by atoms with Crippen LogP contribution >= 0.6 is 0 Å². The van der Waals surface area contributed by atoms with Gasteiger partial charge in [-0.15, -0.1) is 0 Å². The molecule has 3 heteroatoms. The largest absolute Gasteiger partial charge is 0.378 e. The van der Waals surface area contributed by atoms with E-state index in [0.29, 0.717) is 12.1 Å². The van der Waals surface area contributed by atoms with Crippen molar-refractivity contribution in [3.63, 3.8) is 0 Å². The van der Waals surface area contributed by atoms with Gasteiger partial charge >= 0.3 is 0 Å². The lowest BCUT2D eigenvalue weighted by molar-refractivity contribution is 0.0986. The molecule has 0 saturated carbocycles. The first kappa shape index (κ1) is 13.3. The molecule has 2 unspecified atom stereocenters. The zero-order valence-electron chi connectivity index (χ0n) is 11.3. The minimum absolute atomic E-state index is 0.571. The average Bonchev–Trinajstić information content (AvgIpc) is 2.74. The van der Waals surface area contributed by atoms with Crippen LogP contribution in [0.1, 0.15) is 45.4 Å². The molecule has 0 amide bonds. The van der Waals surface area contributed by atoms with Gasteiger partial charge in [0, 0.05) is 19.2 Å². The Balaban J connectivity index is 1.62. The third kappa shape index (κ3) is 4.57. The van der Waals surface area contributed by atoms with Crippen molar-refractivity contribution in [2.75, 3.05) is 32.8 Å². The van der Waals surface area contributed by atoms with Crippen LogP contribution < -0.4 is 5.32 Å².